The second-order valence-corrected chi connectivity index (χ2v) is 5.31. The highest BCUT2D eigenvalue weighted by Crippen LogP contribution is 2.22. The fourth-order valence-corrected chi connectivity index (χ4v) is 2.04. The third-order valence-electron chi connectivity index (χ3n) is 2.79. The Morgan fingerprint density at radius 3 is 2.68 bits per heavy atom. The van der Waals surface area contributed by atoms with Crippen LogP contribution in [0.15, 0.2) is 53.6 Å². The lowest BCUT2D eigenvalue weighted by Crippen LogP contribution is -2.25. The Bertz CT molecular complexity index is 702. The Labute approximate surface area is 138 Å². The van der Waals surface area contributed by atoms with Gasteiger partial charge in [-0.15, -0.1) is 0 Å². The third kappa shape index (κ3) is 4.76. The molecule has 0 aromatic heterocycles. The maximum absolute atomic E-state index is 11.7. The van der Waals surface area contributed by atoms with Crippen LogP contribution in [0.3, 0.4) is 0 Å². The highest BCUT2D eigenvalue weighted by Gasteiger charge is 2.05. The van der Waals surface area contributed by atoms with E-state index in [1.54, 1.807) is 43.3 Å². The van der Waals surface area contributed by atoms with Crippen molar-refractivity contribution in [2.45, 2.75) is 6.92 Å². The van der Waals surface area contributed by atoms with Crippen LogP contribution in [0.4, 0.5) is 0 Å². The predicted molar refractivity (Wildman–Crippen MR) is 88.8 cm³/mol. The number of nitrogens with zero attached hydrogens (tertiary/aromatic N) is 1. The standard InChI is InChI=1S/C16H14Cl2N2O2/c1-11(12-5-4-6-13(17)9-12)19-20-16(21)10-22-15-8-3-2-7-14(15)18/h2-9H,10H2,1H3,(H,20,21)/b19-11+. The van der Waals surface area contributed by atoms with Crippen LogP contribution >= 0.6 is 23.2 Å². The molecule has 1 N–H and O–H groups in total. The first kappa shape index (κ1) is 16.3. The Hall–Kier alpha value is -2.04. The molecule has 0 aliphatic carbocycles. The lowest BCUT2D eigenvalue weighted by molar-refractivity contribution is -0.123. The van der Waals surface area contributed by atoms with Crippen LogP contribution in [0.1, 0.15) is 12.5 Å². The highest BCUT2D eigenvalue weighted by molar-refractivity contribution is 6.32. The second-order valence-electron chi connectivity index (χ2n) is 4.46. The molecule has 0 saturated heterocycles. The number of hydrazone groups is 1. The highest BCUT2D eigenvalue weighted by atomic mass is 35.5. The molecule has 0 bridgehead atoms. The van der Waals surface area contributed by atoms with Gasteiger partial charge in [0.05, 0.1) is 10.7 Å². The van der Waals surface area contributed by atoms with Gasteiger partial charge < -0.3 is 4.74 Å². The average Bonchev–Trinajstić information content (AvgIpc) is 2.52. The summed E-state index contributed by atoms with van der Waals surface area (Å²) in [6.45, 7) is 1.61. The Kier molecular flexibility index (Phi) is 5.81. The second kappa shape index (κ2) is 7.82. The van der Waals surface area contributed by atoms with Crippen molar-refractivity contribution in [1.82, 2.24) is 5.43 Å². The van der Waals surface area contributed by atoms with Gasteiger partial charge in [-0.05, 0) is 36.8 Å². The molecule has 0 aliphatic rings. The molecule has 2 aromatic carbocycles. The number of hydrogen-bond acceptors (Lipinski definition) is 3. The van der Waals surface area contributed by atoms with E-state index >= 15 is 0 Å². The summed E-state index contributed by atoms with van der Waals surface area (Å²) >= 11 is 11.8. The van der Waals surface area contributed by atoms with Crippen LogP contribution in [-0.2, 0) is 4.79 Å². The van der Waals surface area contributed by atoms with Crippen molar-refractivity contribution in [1.29, 1.82) is 0 Å². The third-order valence-corrected chi connectivity index (χ3v) is 3.33. The van der Waals surface area contributed by atoms with Gasteiger partial charge in [-0.1, -0.05) is 47.5 Å². The molecule has 0 aliphatic heterocycles. The number of rotatable bonds is 5. The molecule has 0 unspecified atom stereocenters. The summed E-state index contributed by atoms with van der Waals surface area (Å²) in [6, 6.07) is 14.2. The van der Waals surface area contributed by atoms with Gasteiger partial charge in [0.1, 0.15) is 5.75 Å². The van der Waals surface area contributed by atoms with Gasteiger partial charge in [0.25, 0.3) is 5.91 Å². The van der Waals surface area contributed by atoms with E-state index in [-0.39, 0.29) is 12.5 Å². The quantitative estimate of drug-likeness (QED) is 0.664. The summed E-state index contributed by atoms with van der Waals surface area (Å²) < 4.78 is 5.32. The monoisotopic (exact) mass is 336 g/mol. The van der Waals surface area contributed by atoms with Gasteiger partial charge >= 0.3 is 0 Å². The minimum Gasteiger partial charge on any atom is -0.482 e. The summed E-state index contributed by atoms with van der Waals surface area (Å²) in [5, 5.41) is 5.08. The zero-order chi connectivity index (χ0) is 15.9. The Balaban J connectivity index is 1.90. The van der Waals surface area contributed by atoms with Crippen molar-refractivity contribution < 1.29 is 9.53 Å². The van der Waals surface area contributed by atoms with Gasteiger partial charge in [0, 0.05) is 5.02 Å². The number of benzene rings is 2. The minimum absolute atomic E-state index is 0.171. The Morgan fingerprint density at radius 2 is 1.95 bits per heavy atom. The summed E-state index contributed by atoms with van der Waals surface area (Å²) in [4.78, 5) is 11.7. The molecule has 22 heavy (non-hydrogen) atoms. The average molecular weight is 337 g/mol. The lowest BCUT2D eigenvalue weighted by atomic mass is 10.1. The molecular weight excluding hydrogens is 323 g/mol. The molecular formula is C16H14Cl2N2O2. The summed E-state index contributed by atoms with van der Waals surface area (Å²) in [5.74, 6) is 0.0798. The molecule has 0 spiro atoms. The molecule has 0 atom stereocenters. The first-order valence-electron chi connectivity index (χ1n) is 6.52. The van der Waals surface area contributed by atoms with E-state index in [1.165, 1.54) is 0 Å². The number of halogens is 2. The zero-order valence-corrected chi connectivity index (χ0v) is 13.4. The van der Waals surface area contributed by atoms with Crippen molar-refractivity contribution >= 4 is 34.8 Å². The summed E-state index contributed by atoms with van der Waals surface area (Å²) in [7, 11) is 0. The minimum atomic E-state index is -0.374. The molecule has 0 heterocycles. The fraction of sp³-hybridized carbons (Fsp3) is 0.125. The van der Waals surface area contributed by atoms with Crippen molar-refractivity contribution in [2.75, 3.05) is 6.61 Å². The first-order valence-corrected chi connectivity index (χ1v) is 7.28. The molecule has 2 rings (SSSR count). The van der Waals surface area contributed by atoms with E-state index in [0.29, 0.717) is 21.5 Å². The van der Waals surface area contributed by atoms with E-state index in [9.17, 15) is 4.79 Å². The number of carbonyl (C=O) groups is 1. The number of para-hydroxylation sites is 1. The van der Waals surface area contributed by atoms with Crippen molar-refractivity contribution in [3.05, 3.63) is 64.1 Å². The van der Waals surface area contributed by atoms with Gasteiger partial charge in [-0.25, -0.2) is 5.43 Å². The fourth-order valence-electron chi connectivity index (χ4n) is 1.66. The predicted octanol–water partition coefficient (Wildman–Crippen LogP) is 3.91. The molecule has 0 fully saturated rings. The van der Waals surface area contributed by atoms with E-state index in [2.05, 4.69) is 10.5 Å². The van der Waals surface area contributed by atoms with E-state index < -0.39 is 0 Å². The van der Waals surface area contributed by atoms with Gasteiger partial charge in [0.2, 0.25) is 0 Å². The molecule has 4 nitrogen and oxygen atoms in total. The van der Waals surface area contributed by atoms with E-state index in [0.717, 1.165) is 5.56 Å². The topological polar surface area (TPSA) is 50.7 Å². The van der Waals surface area contributed by atoms with E-state index in [1.807, 2.05) is 12.1 Å². The van der Waals surface area contributed by atoms with Crippen LogP contribution < -0.4 is 10.2 Å². The van der Waals surface area contributed by atoms with Gasteiger partial charge in [0.15, 0.2) is 6.61 Å². The van der Waals surface area contributed by atoms with E-state index in [4.69, 9.17) is 27.9 Å². The zero-order valence-electron chi connectivity index (χ0n) is 11.8. The van der Waals surface area contributed by atoms with Gasteiger partial charge in [-0.2, -0.15) is 5.10 Å². The SMILES string of the molecule is C/C(=N\NC(=O)COc1ccccc1Cl)c1cccc(Cl)c1. The number of nitrogens with one attached hydrogen (secondary N) is 1. The van der Waals surface area contributed by atoms with Crippen LogP contribution in [0.2, 0.25) is 10.0 Å². The molecule has 0 saturated carbocycles. The van der Waals surface area contributed by atoms with Crippen LogP contribution in [0, 0.1) is 0 Å². The number of hydrogen-bond donors (Lipinski definition) is 1. The molecule has 1 amide bonds. The summed E-state index contributed by atoms with van der Waals surface area (Å²) in [6.07, 6.45) is 0. The van der Waals surface area contributed by atoms with Crippen LogP contribution in [0.5, 0.6) is 5.75 Å². The molecule has 2 aromatic rings. The normalized spacial score (nSPS) is 11.1. The van der Waals surface area contributed by atoms with Crippen LogP contribution in [-0.4, -0.2) is 18.2 Å². The van der Waals surface area contributed by atoms with Gasteiger partial charge in [-0.3, -0.25) is 4.79 Å². The number of amides is 1. The molecule has 6 heteroatoms. The Morgan fingerprint density at radius 1 is 1.18 bits per heavy atom. The maximum atomic E-state index is 11.7. The first-order chi connectivity index (χ1) is 10.6. The lowest BCUT2D eigenvalue weighted by Gasteiger charge is -2.07. The molecule has 114 valence electrons. The van der Waals surface area contributed by atoms with Crippen molar-refractivity contribution in [2.24, 2.45) is 5.10 Å². The van der Waals surface area contributed by atoms with Crippen molar-refractivity contribution in [3.8, 4) is 5.75 Å². The van der Waals surface area contributed by atoms with Crippen LogP contribution in [0.25, 0.3) is 0 Å². The number of carbonyl (C=O) groups excluding carboxylic acids is 1. The smallest absolute Gasteiger partial charge is 0.277 e. The number of ether oxygens (including phenoxy) is 1. The maximum Gasteiger partial charge on any atom is 0.277 e. The largest absolute Gasteiger partial charge is 0.482 e. The van der Waals surface area contributed by atoms with Crippen molar-refractivity contribution in [3.63, 3.8) is 0 Å². The summed E-state index contributed by atoms with van der Waals surface area (Å²) in [5.41, 5.74) is 3.91. The molecule has 0 radical (unpaired) electrons.